The normalized spacial score (nSPS) is 25.6. The van der Waals surface area contributed by atoms with Crippen molar-refractivity contribution in [3.8, 4) is 0 Å². The molecule has 0 aromatic carbocycles. The Kier molecular flexibility index (Phi) is 13.9. The lowest BCUT2D eigenvalue weighted by Crippen LogP contribution is -2.39. The van der Waals surface area contributed by atoms with Gasteiger partial charge in [-0.15, -0.1) is 0 Å². The molecule has 5 atom stereocenters. The van der Waals surface area contributed by atoms with Crippen molar-refractivity contribution in [2.45, 2.75) is 89.1 Å². The van der Waals surface area contributed by atoms with Gasteiger partial charge in [0.15, 0.2) is 0 Å². The van der Waals surface area contributed by atoms with Gasteiger partial charge in [-0.05, 0) is 31.6 Å². The molecule has 1 aliphatic carbocycles. The quantitative estimate of drug-likeness (QED) is 0.173. The molecule has 1 saturated carbocycles. The van der Waals surface area contributed by atoms with E-state index in [0.717, 1.165) is 19.3 Å². The molecule has 174 valence electrons. The van der Waals surface area contributed by atoms with E-state index in [9.17, 15) is 20.1 Å². The van der Waals surface area contributed by atoms with Crippen molar-refractivity contribution in [1.82, 2.24) is 5.32 Å². The lowest BCUT2D eigenvalue weighted by atomic mass is 9.89. The molecule has 0 bridgehead atoms. The molecule has 0 aliphatic heterocycles. The zero-order chi connectivity index (χ0) is 22.4. The molecule has 0 radical (unpaired) electrons. The number of hydrogen-bond donors (Lipinski definition) is 6. The van der Waals surface area contributed by atoms with Gasteiger partial charge in [0.2, 0.25) is 5.91 Å². The minimum atomic E-state index is -0.613. The zero-order valence-electron chi connectivity index (χ0n) is 18.2. The highest BCUT2D eigenvalue weighted by molar-refractivity contribution is 5.76. The number of amides is 1. The smallest absolute Gasteiger partial charge is 0.220 e. The predicted octanol–water partition coefficient (Wildman–Crippen LogP) is 1.43. The molecule has 0 aromatic rings. The Labute approximate surface area is 180 Å². The molecular weight excluding hydrogens is 386 g/mol. The molecule has 0 saturated heterocycles. The lowest BCUT2D eigenvalue weighted by molar-refractivity contribution is -0.122. The first-order chi connectivity index (χ1) is 14.4. The molecule has 0 aromatic heterocycles. The minimum Gasteiger partial charge on any atom is -0.394 e. The Balaban J connectivity index is 2.39. The van der Waals surface area contributed by atoms with E-state index < -0.39 is 24.4 Å². The maximum atomic E-state index is 11.7. The summed E-state index contributed by atoms with van der Waals surface area (Å²) in [6.45, 7) is 1.54. The van der Waals surface area contributed by atoms with Crippen LogP contribution in [0.1, 0.15) is 64.7 Å². The Hall–Kier alpha value is -1.25. The predicted molar refractivity (Wildman–Crippen MR) is 117 cm³/mol. The van der Waals surface area contributed by atoms with Crippen LogP contribution >= 0.6 is 0 Å². The first kappa shape index (κ1) is 26.8. The number of nitrogens with one attached hydrogen (secondary N) is 1. The third-order valence-electron chi connectivity index (χ3n) is 5.73. The van der Waals surface area contributed by atoms with Gasteiger partial charge < -0.3 is 30.8 Å². The highest BCUT2D eigenvalue weighted by atomic mass is 16.3. The first-order valence-corrected chi connectivity index (χ1v) is 11.3. The van der Waals surface area contributed by atoms with Gasteiger partial charge in [-0.2, -0.15) is 0 Å². The summed E-state index contributed by atoms with van der Waals surface area (Å²) in [4.78, 5) is 11.7. The molecule has 0 unspecified atom stereocenters. The minimum absolute atomic E-state index is 0.0893. The van der Waals surface area contributed by atoms with Gasteiger partial charge in [-0.1, -0.05) is 50.5 Å². The Morgan fingerprint density at radius 1 is 1.10 bits per heavy atom. The van der Waals surface area contributed by atoms with Gasteiger partial charge in [0.25, 0.3) is 0 Å². The summed E-state index contributed by atoms with van der Waals surface area (Å²) in [5, 5.41) is 51.1. The lowest BCUT2D eigenvalue weighted by Gasteiger charge is -2.19. The number of aliphatic hydroxyl groups excluding tert-OH is 5. The molecule has 7 nitrogen and oxygen atoms in total. The van der Waals surface area contributed by atoms with E-state index in [4.69, 9.17) is 10.2 Å². The van der Waals surface area contributed by atoms with Crippen LogP contribution in [0.4, 0.5) is 0 Å². The fraction of sp³-hybridized carbons (Fsp3) is 0.783. The van der Waals surface area contributed by atoms with Gasteiger partial charge in [0.1, 0.15) is 0 Å². The summed E-state index contributed by atoms with van der Waals surface area (Å²) in [6, 6.07) is -0.613. The van der Waals surface area contributed by atoms with Gasteiger partial charge in [-0.25, -0.2) is 0 Å². The van der Waals surface area contributed by atoms with Gasteiger partial charge in [0.05, 0.1) is 37.6 Å². The van der Waals surface area contributed by atoms with Crippen LogP contribution in [0.2, 0.25) is 0 Å². The van der Waals surface area contributed by atoms with Crippen molar-refractivity contribution < 1.29 is 30.3 Å². The molecule has 6 N–H and O–H groups in total. The van der Waals surface area contributed by atoms with Gasteiger partial charge in [0, 0.05) is 18.8 Å². The van der Waals surface area contributed by atoms with Crippen molar-refractivity contribution in [2.24, 2.45) is 11.8 Å². The number of aliphatic hydroxyl groups is 5. The Morgan fingerprint density at radius 3 is 2.50 bits per heavy atom. The van der Waals surface area contributed by atoms with Crippen molar-refractivity contribution in [2.75, 3.05) is 13.2 Å². The monoisotopic (exact) mass is 427 g/mol. The van der Waals surface area contributed by atoms with E-state index in [1.807, 2.05) is 18.2 Å². The van der Waals surface area contributed by atoms with E-state index in [1.54, 1.807) is 6.08 Å². The van der Waals surface area contributed by atoms with E-state index in [-0.39, 0.29) is 31.0 Å². The molecular formula is C23H41NO6. The summed E-state index contributed by atoms with van der Waals surface area (Å²) in [5.41, 5.74) is 0. The molecule has 1 fully saturated rings. The van der Waals surface area contributed by atoms with Gasteiger partial charge in [-0.3, -0.25) is 4.79 Å². The molecule has 1 rings (SSSR count). The van der Waals surface area contributed by atoms with Crippen molar-refractivity contribution in [1.29, 1.82) is 0 Å². The molecule has 0 heterocycles. The van der Waals surface area contributed by atoms with Crippen LogP contribution in [0.15, 0.2) is 24.3 Å². The maximum absolute atomic E-state index is 11.7. The third kappa shape index (κ3) is 10.2. The number of unbranched alkanes of at least 4 members (excludes halogenated alkanes) is 3. The van der Waals surface area contributed by atoms with E-state index in [2.05, 4.69) is 12.2 Å². The summed E-state index contributed by atoms with van der Waals surface area (Å²) in [7, 11) is 0. The highest BCUT2D eigenvalue weighted by Crippen LogP contribution is 2.36. The highest BCUT2D eigenvalue weighted by Gasteiger charge is 2.39. The zero-order valence-corrected chi connectivity index (χ0v) is 18.2. The van der Waals surface area contributed by atoms with Crippen LogP contribution in [0.3, 0.4) is 0 Å². The SMILES string of the molecule is CCCCC[C@H](O)/C=C/[C@@H]1[C@@H](C/C=C\CCCC(=O)NC(CO)CO)[C@@H](O)C[C@H]1O. The molecule has 30 heavy (non-hydrogen) atoms. The van der Waals surface area contributed by atoms with Crippen LogP contribution in [-0.4, -0.2) is 69.0 Å². The topological polar surface area (TPSA) is 130 Å². The molecule has 1 amide bonds. The number of hydrogen-bond acceptors (Lipinski definition) is 6. The Bertz CT molecular complexity index is 520. The second kappa shape index (κ2) is 15.5. The summed E-state index contributed by atoms with van der Waals surface area (Å²) in [5.74, 6) is -0.466. The number of rotatable bonds is 15. The molecule has 7 heteroatoms. The Morgan fingerprint density at radius 2 is 1.83 bits per heavy atom. The van der Waals surface area contributed by atoms with Gasteiger partial charge >= 0.3 is 0 Å². The second-order valence-corrected chi connectivity index (χ2v) is 8.29. The average molecular weight is 428 g/mol. The largest absolute Gasteiger partial charge is 0.394 e. The van der Waals surface area contributed by atoms with E-state index in [1.165, 1.54) is 0 Å². The van der Waals surface area contributed by atoms with Crippen LogP contribution in [-0.2, 0) is 4.79 Å². The molecule has 0 spiro atoms. The second-order valence-electron chi connectivity index (χ2n) is 8.29. The van der Waals surface area contributed by atoms with Crippen molar-refractivity contribution in [3.63, 3.8) is 0 Å². The van der Waals surface area contributed by atoms with Crippen LogP contribution in [0.5, 0.6) is 0 Å². The number of allylic oxidation sites excluding steroid dienone is 2. The summed E-state index contributed by atoms with van der Waals surface area (Å²) >= 11 is 0. The standard InChI is InChI=1S/C23H41NO6/c1-2-3-6-9-18(27)12-13-20-19(21(28)14-22(20)29)10-7-4-5-8-11-23(30)24-17(15-25)16-26/h4,7,12-13,17-22,25-29H,2-3,5-6,8-11,14-16H2,1H3,(H,24,30)/b7-4-,13-12+/t18-,19+,20+,21-,22+/m0/s1. The van der Waals surface area contributed by atoms with Crippen molar-refractivity contribution in [3.05, 3.63) is 24.3 Å². The summed E-state index contributed by atoms with van der Waals surface area (Å²) < 4.78 is 0. The maximum Gasteiger partial charge on any atom is 0.220 e. The number of carbonyl (C=O) groups is 1. The van der Waals surface area contributed by atoms with Crippen LogP contribution < -0.4 is 5.32 Å². The van der Waals surface area contributed by atoms with Crippen molar-refractivity contribution >= 4 is 5.91 Å². The number of carbonyl (C=O) groups excluding carboxylic acids is 1. The first-order valence-electron chi connectivity index (χ1n) is 11.3. The average Bonchev–Trinajstić information content (AvgIpc) is 2.99. The van der Waals surface area contributed by atoms with E-state index >= 15 is 0 Å². The fourth-order valence-electron chi connectivity index (χ4n) is 3.86. The summed E-state index contributed by atoms with van der Waals surface area (Å²) in [6.07, 6.45) is 12.4. The molecule has 1 aliphatic rings. The van der Waals surface area contributed by atoms with Crippen LogP contribution in [0, 0.1) is 11.8 Å². The third-order valence-corrected chi connectivity index (χ3v) is 5.73. The van der Waals surface area contributed by atoms with Crippen LogP contribution in [0.25, 0.3) is 0 Å². The van der Waals surface area contributed by atoms with E-state index in [0.29, 0.717) is 38.5 Å². The fourth-order valence-corrected chi connectivity index (χ4v) is 3.86.